The maximum Gasteiger partial charge on any atom is 0.290 e. The van der Waals surface area contributed by atoms with Crippen molar-refractivity contribution in [2.75, 3.05) is 6.54 Å². The molecular weight excluding hydrogens is 408 g/mol. The summed E-state index contributed by atoms with van der Waals surface area (Å²) in [5.41, 5.74) is 3.72. The van der Waals surface area contributed by atoms with Crippen LogP contribution in [0, 0.1) is 20.8 Å². The van der Waals surface area contributed by atoms with Crippen molar-refractivity contribution in [3.05, 3.63) is 98.2 Å². The van der Waals surface area contributed by atoms with Crippen molar-refractivity contribution in [2.45, 2.75) is 33.2 Å². The summed E-state index contributed by atoms with van der Waals surface area (Å²) in [6.45, 7) is 5.99. The summed E-state index contributed by atoms with van der Waals surface area (Å²) >= 11 is 1.29. The first-order chi connectivity index (χ1) is 14.9. The highest BCUT2D eigenvalue weighted by Crippen LogP contribution is 2.40. The van der Waals surface area contributed by atoms with Gasteiger partial charge in [0.25, 0.3) is 5.91 Å². The highest BCUT2D eigenvalue weighted by molar-refractivity contribution is 7.14. The predicted molar refractivity (Wildman–Crippen MR) is 121 cm³/mol. The number of nitrogens with zero attached hydrogens (tertiary/aromatic N) is 2. The lowest BCUT2D eigenvalue weighted by atomic mass is 9.94. The number of aromatic nitrogens is 1. The Morgan fingerprint density at radius 2 is 1.74 bits per heavy atom. The lowest BCUT2D eigenvalue weighted by Gasteiger charge is -2.27. The van der Waals surface area contributed by atoms with Crippen molar-refractivity contribution in [2.24, 2.45) is 0 Å². The van der Waals surface area contributed by atoms with Gasteiger partial charge in [-0.15, -0.1) is 11.3 Å². The van der Waals surface area contributed by atoms with E-state index in [1.807, 2.05) is 68.4 Å². The molecule has 1 aliphatic rings. The quantitative estimate of drug-likeness (QED) is 0.563. The molecule has 3 aromatic rings. The van der Waals surface area contributed by atoms with Crippen LogP contribution in [0.1, 0.15) is 43.1 Å². The number of amides is 1. The molecule has 6 heteroatoms. The number of benzene rings is 2. The first kappa shape index (κ1) is 21.0. The standard InChI is InChI=1S/C25H24N2O3S/c1-15-9-11-19(12-10-15)21-20(22(28)24-16(2)26-17(3)31-24)23(29)25(30)27(21)14-13-18-7-5-4-6-8-18/h4-12,21,29H,13-14H2,1-3H3. The summed E-state index contributed by atoms with van der Waals surface area (Å²) in [5, 5.41) is 11.6. The number of Topliss-reactive ketones (excluding diaryl/α,β-unsaturated/α-hetero) is 1. The lowest BCUT2D eigenvalue weighted by Crippen LogP contribution is -2.33. The maximum atomic E-state index is 13.5. The largest absolute Gasteiger partial charge is 0.503 e. The topological polar surface area (TPSA) is 70.5 Å². The number of carbonyl (C=O) groups excluding carboxylic acids is 2. The lowest BCUT2D eigenvalue weighted by molar-refractivity contribution is -0.129. The Morgan fingerprint density at radius 3 is 2.35 bits per heavy atom. The van der Waals surface area contributed by atoms with Gasteiger partial charge in [0.05, 0.1) is 27.2 Å². The van der Waals surface area contributed by atoms with E-state index < -0.39 is 17.7 Å². The summed E-state index contributed by atoms with van der Waals surface area (Å²) in [6.07, 6.45) is 0.627. The molecule has 0 radical (unpaired) electrons. The van der Waals surface area contributed by atoms with E-state index in [4.69, 9.17) is 0 Å². The van der Waals surface area contributed by atoms with Crippen LogP contribution in [0.3, 0.4) is 0 Å². The Kier molecular flexibility index (Phi) is 5.74. The molecular formula is C25H24N2O3S. The zero-order valence-electron chi connectivity index (χ0n) is 17.8. The third-order valence-corrected chi connectivity index (χ3v) is 6.61. The molecule has 4 rings (SSSR count). The van der Waals surface area contributed by atoms with Crippen LogP contribution < -0.4 is 0 Å². The molecule has 2 aromatic carbocycles. The average Bonchev–Trinajstić information content (AvgIpc) is 3.23. The summed E-state index contributed by atoms with van der Waals surface area (Å²) in [4.78, 5) is 33.0. The summed E-state index contributed by atoms with van der Waals surface area (Å²) < 4.78 is 0. The number of aliphatic hydroxyl groups excluding tert-OH is 1. The van der Waals surface area contributed by atoms with E-state index in [2.05, 4.69) is 4.98 Å². The van der Waals surface area contributed by atoms with Crippen LogP contribution in [-0.4, -0.2) is 33.2 Å². The molecule has 0 saturated heterocycles. The molecule has 5 nitrogen and oxygen atoms in total. The zero-order valence-corrected chi connectivity index (χ0v) is 18.6. The maximum absolute atomic E-state index is 13.5. The van der Waals surface area contributed by atoms with E-state index >= 15 is 0 Å². The fourth-order valence-electron chi connectivity index (χ4n) is 3.97. The van der Waals surface area contributed by atoms with E-state index in [0.29, 0.717) is 23.5 Å². The Morgan fingerprint density at radius 1 is 1.06 bits per heavy atom. The molecule has 1 aliphatic heterocycles. The second-order valence-electron chi connectivity index (χ2n) is 7.79. The van der Waals surface area contributed by atoms with E-state index in [0.717, 1.165) is 21.7 Å². The molecule has 0 spiro atoms. The van der Waals surface area contributed by atoms with E-state index in [-0.39, 0.29) is 11.4 Å². The molecule has 1 unspecified atom stereocenters. The molecule has 0 aliphatic carbocycles. The van der Waals surface area contributed by atoms with Gasteiger partial charge in [-0.2, -0.15) is 0 Å². The molecule has 158 valence electrons. The number of aliphatic hydroxyl groups is 1. The third kappa shape index (κ3) is 4.03. The van der Waals surface area contributed by atoms with Crippen LogP contribution in [0.4, 0.5) is 0 Å². The van der Waals surface area contributed by atoms with Gasteiger partial charge in [-0.25, -0.2) is 4.98 Å². The molecule has 1 atom stereocenters. The third-order valence-electron chi connectivity index (χ3n) is 5.54. The zero-order chi connectivity index (χ0) is 22.1. The van der Waals surface area contributed by atoms with Crippen LogP contribution >= 0.6 is 11.3 Å². The Balaban J connectivity index is 1.74. The van der Waals surface area contributed by atoms with Gasteiger partial charge in [0, 0.05) is 6.54 Å². The van der Waals surface area contributed by atoms with Crippen LogP contribution in [0.25, 0.3) is 0 Å². The first-order valence-corrected chi connectivity index (χ1v) is 11.0. The Hall–Kier alpha value is -3.25. The number of hydrogen-bond acceptors (Lipinski definition) is 5. The van der Waals surface area contributed by atoms with Gasteiger partial charge in [0.15, 0.2) is 5.76 Å². The highest BCUT2D eigenvalue weighted by atomic mass is 32.1. The van der Waals surface area contributed by atoms with E-state index in [1.54, 1.807) is 11.8 Å². The van der Waals surface area contributed by atoms with Crippen molar-refractivity contribution in [3.63, 3.8) is 0 Å². The highest BCUT2D eigenvalue weighted by Gasteiger charge is 2.44. The van der Waals surface area contributed by atoms with Crippen LogP contribution in [0.5, 0.6) is 0 Å². The molecule has 2 heterocycles. The van der Waals surface area contributed by atoms with Gasteiger partial charge in [-0.1, -0.05) is 60.2 Å². The number of thiazole rings is 1. The molecule has 0 bridgehead atoms. The summed E-state index contributed by atoms with van der Waals surface area (Å²) in [5.74, 6) is -1.31. The van der Waals surface area contributed by atoms with Gasteiger partial charge in [-0.05, 0) is 38.3 Å². The normalized spacial score (nSPS) is 16.3. The number of rotatable bonds is 6. The Bertz CT molecular complexity index is 1160. The molecule has 1 aromatic heterocycles. The predicted octanol–water partition coefficient (Wildman–Crippen LogP) is 4.89. The van der Waals surface area contributed by atoms with E-state index in [9.17, 15) is 14.7 Å². The monoisotopic (exact) mass is 432 g/mol. The summed E-state index contributed by atoms with van der Waals surface area (Å²) in [6, 6.07) is 17.0. The van der Waals surface area contributed by atoms with Gasteiger partial charge in [0.1, 0.15) is 0 Å². The van der Waals surface area contributed by atoms with Crippen molar-refractivity contribution in [1.82, 2.24) is 9.88 Å². The molecule has 1 amide bonds. The van der Waals surface area contributed by atoms with Crippen molar-refractivity contribution in [1.29, 1.82) is 0 Å². The molecule has 1 N–H and O–H groups in total. The minimum absolute atomic E-state index is 0.133. The van der Waals surface area contributed by atoms with Gasteiger partial charge < -0.3 is 10.0 Å². The molecule has 31 heavy (non-hydrogen) atoms. The van der Waals surface area contributed by atoms with Crippen molar-refractivity contribution >= 4 is 23.0 Å². The first-order valence-electron chi connectivity index (χ1n) is 10.2. The average molecular weight is 433 g/mol. The van der Waals surface area contributed by atoms with Gasteiger partial charge in [-0.3, -0.25) is 9.59 Å². The van der Waals surface area contributed by atoms with Gasteiger partial charge in [0.2, 0.25) is 5.78 Å². The van der Waals surface area contributed by atoms with Crippen LogP contribution in [0.15, 0.2) is 65.9 Å². The number of hydrogen-bond donors (Lipinski definition) is 1. The number of carbonyl (C=O) groups is 2. The van der Waals surface area contributed by atoms with Crippen molar-refractivity contribution in [3.8, 4) is 0 Å². The second kappa shape index (κ2) is 8.47. The fraction of sp³-hybridized carbons (Fsp3) is 0.240. The molecule has 0 saturated carbocycles. The number of ketones is 1. The SMILES string of the molecule is Cc1ccc(C2C(C(=O)c3sc(C)nc3C)=C(O)C(=O)N2CCc2ccccc2)cc1. The van der Waals surface area contributed by atoms with Gasteiger partial charge >= 0.3 is 0 Å². The van der Waals surface area contributed by atoms with Crippen molar-refractivity contribution < 1.29 is 14.7 Å². The minimum Gasteiger partial charge on any atom is -0.503 e. The summed E-state index contributed by atoms with van der Waals surface area (Å²) in [7, 11) is 0. The minimum atomic E-state index is -0.633. The number of aryl methyl sites for hydroxylation is 3. The van der Waals surface area contributed by atoms with Crippen LogP contribution in [-0.2, 0) is 11.2 Å². The second-order valence-corrected chi connectivity index (χ2v) is 8.99. The van der Waals surface area contributed by atoms with E-state index in [1.165, 1.54) is 11.3 Å². The Labute approximate surface area is 185 Å². The van der Waals surface area contributed by atoms with Crippen LogP contribution in [0.2, 0.25) is 0 Å². The smallest absolute Gasteiger partial charge is 0.290 e. The molecule has 0 fully saturated rings. The fourth-order valence-corrected chi connectivity index (χ4v) is 4.84.